The lowest BCUT2D eigenvalue weighted by molar-refractivity contribution is -0.133. The van der Waals surface area contributed by atoms with Crippen LogP contribution in [0.3, 0.4) is 0 Å². The van der Waals surface area contributed by atoms with Crippen LogP contribution in [0.5, 0.6) is 0 Å². The number of amides is 1. The number of hydrogen-bond donors (Lipinski definition) is 0. The van der Waals surface area contributed by atoms with E-state index in [1.54, 1.807) is 11.1 Å². The summed E-state index contributed by atoms with van der Waals surface area (Å²) in [5.41, 5.74) is 0.158. The Morgan fingerprint density at radius 2 is 1.88 bits per heavy atom. The highest BCUT2D eigenvalue weighted by Gasteiger charge is 2.21. The van der Waals surface area contributed by atoms with E-state index in [1.807, 2.05) is 18.2 Å². The summed E-state index contributed by atoms with van der Waals surface area (Å²) in [5, 5.41) is 0. The quantitative estimate of drug-likeness (QED) is 0.732. The second-order valence-corrected chi connectivity index (χ2v) is 6.10. The van der Waals surface area contributed by atoms with Crippen molar-refractivity contribution < 1.29 is 4.79 Å². The molecule has 3 heterocycles. The molecule has 1 saturated heterocycles. The number of carbonyl (C=O) groups excluding carboxylic acids is 1. The Kier molecular flexibility index (Phi) is 5.08. The average Bonchev–Trinajstić information content (AvgIpc) is 2.63. The first-order valence-corrected chi connectivity index (χ1v) is 8.21. The molecule has 132 valence electrons. The number of nitrogens with zero attached hydrogens (tertiary/aromatic N) is 5. The maximum absolute atomic E-state index is 12.4. The standard InChI is InChI=1S/C17H21N5O3/c1-19-15(23)5-7-22(17(19)25)13-16(24)21-10-8-20(9-11-21)12-14-4-2-3-6-18-14/h2-7H,8-13H2,1H3. The maximum atomic E-state index is 12.4. The molecule has 25 heavy (non-hydrogen) atoms. The van der Waals surface area contributed by atoms with E-state index in [4.69, 9.17) is 0 Å². The van der Waals surface area contributed by atoms with Crippen LogP contribution in [0.15, 0.2) is 46.2 Å². The molecule has 1 fully saturated rings. The fourth-order valence-corrected chi connectivity index (χ4v) is 2.86. The van der Waals surface area contributed by atoms with Crippen molar-refractivity contribution in [2.45, 2.75) is 13.1 Å². The summed E-state index contributed by atoms with van der Waals surface area (Å²) in [7, 11) is 1.40. The van der Waals surface area contributed by atoms with Gasteiger partial charge in [0.1, 0.15) is 6.54 Å². The Bertz CT molecular complexity index is 851. The third-order valence-electron chi connectivity index (χ3n) is 4.40. The monoisotopic (exact) mass is 343 g/mol. The molecule has 8 nitrogen and oxygen atoms in total. The van der Waals surface area contributed by atoms with Gasteiger partial charge >= 0.3 is 5.69 Å². The summed E-state index contributed by atoms with van der Waals surface area (Å²) < 4.78 is 2.27. The van der Waals surface area contributed by atoms with Gasteiger partial charge in [-0.05, 0) is 12.1 Å². The molecule has 0 saturated carbocycles. The van der Waals surface area contributed by atoms with E-state index in [2.05, 4.69) is 9.88 Å². The van der Waals surface area contributed by atoms with Crippen molar-refractivity contribution in [1.82, 2.24) is 23.9 Å². The highest BCUT2D eigenvalue weighted by Crippen LogP contribution is 2.07. The SMILES string of the molecule is Cn1c(=O)ccn(CC(=O)N2CCN(Cc3ccccn3)CC2)c1=O. The van der Waals surface area contributed by atoms with Crippen LogP contribution in [0.1, 0.15) is 5.69 Å². The molecule has 1 aliphatic heterocycles. The number of rotatable bonds is 4. The minimum absolute atomic E-state index is 0.0484. The first kappa shape index (κ1) is 17.1. The summed E-state index contributed by atoms with van der Waals surface area (Å²) in [4.78, 5) is 44.2. The largest absolute Gasteiger partial charge is 0.339 e. The lowest BCUT2D eigenvalue weighted by Crippen LogP contribution is -2.50. The molecule has 2 aromatic heterocycles. The van der Waals surface area contributed by atoms with Crippen LogP contribution in [0, 0.1) is 0 Å². The lowest BCUT2D eigenvalue weighted by atomic mass is 10.2. The van der Waals surface area contributed by atoms with Crippen molar-refractivity contribution in [1.29, 1.82) is 0 Å². The zero-order chi connectivity index (χ0) is 17.8. The van der Waals surface area contributed by atoms with E-state index in [1.165, 1.54) is 23.9 Å². The molecule has 0 spiro atoms. The molecule has 1 aliphatic rings. The Labute approximate surface area is 144 Å². The molecule has 0 atom stereocenters. The van der Waals surface area contributed by atoms with Crippen LogP contribution in [0.25, 0.3) is 0 Å². The van der Waals surface area contributed by atoms with Crippen molar-refractivity contribution in [3.05, 3.63) is 63.2 Å². The number of hydrogen-bond acceptors (Lipinski definition) is 5. The van der Waals surface area contributed by atoms with E-state index >= 15 is 0 Å². The summed E-state index contributed by atoms with van der Waals surface area (Å²) in [5.74, 6) is -0.113. The second kappa shape index (κ2) is 7.43. The molecule has 0 bridgehead atoms. The van der Waals surface area contributed by atoms with Crippen LogP contribution in [-0.2, 0) is 24.9 Å². The maximum Gasteiger partial charge on any atom is 0.331 e. The molecule has 0 aliphatic carbocycles. The first-order chi connectivity index (χ1) is 12.0. The van der Waals surface area contributed by atoms with E-state index in [-0.39, 0.29) is 18.0 Å². The van der Waals surface area contributed by atoms with Crippen LogP contribution in [0.2, 0.25) is 0 Å². The van der Waals surface area contributed by atoms with Crippen LogP contribution in [0.4, 0.5) is 0 Å². The fourth-order valence-electron chi connectivity index (χ4n) is 2.86. The van der Waals surface area contributed by atoms with Crippen molar-refractivity contribution >= 4 is 5.91 Å². The van der Waals surface area contributed by atoms with Gasteiger partial charge in [-0.1, -0.05) is 6.07 Å². The fraction of sp³-hybridized carbons (Fsp3) is 0.412. The van der Waals surface area contributed by atoms with Crippen LogP contribution >= 0.6 is 0 Å². The highest BCUT2D eigenvalue weighted by molar-refractivity contribution is 5.76. The number of carbonyl (C=O) groups is 1. The minimum Gasteiger partial charge on any atom is -0.339 e. The molecular formula is C17H21N5O3. The number of piperazine rings is 1. The van der Waals surface area contributed by atoms with Gasteiger partial charge < -0.3 is 4.90 Å². The highest BCUT2D eigenvalue weighted by atomic mass is 16.2. The Morgan fingerprint density at radius 3 is 2.56 bits per heavy atom. The summed E-state index contributed by atoms with van der Waals surface area (Å²) in [6.07, 6.45) is 3.15. The smallest absolute Gasteiger partial charge is 0.331 e. The van der Waals surface area contributed by atoms with Gasteiger partial charge in [0, 0.05) is 58.2 Å². The van der Waals surface area contributed by atoms with Crippen molar-refractivity contribution in [2.75, 3.05) is 26.2 Å². The van der Waals surface area contributed by atoms with Crippen LogP contribution in [-0.4, -0.2) is 56.0 Å². The van der Waals surface area contributed by atoms with E-state index in [0.29, 0.717) is 13.1 Å². The van der Waals surface area contributed by atoms with E-state index < -0.39 is 5.69 Å². The predicted octanol–water partition coefficient (Wildman–Crippen LogP) is -0.714. The van der Waals surface area contributed by atoms with Gasteiger partial charge in [0.15, 0.2) is 0 Å². The summed E-state index contributed by atoms with van der Waals surface area (Å²) >= 11 is 0. The van der Waals surface area contributed by atoms with Gasteiger partial charge in [0.05, 0.1) is 5.69 Å². The third kappa shape index (κ3) is 4.03. The molecule has 8 heteroatoms. The van der Waals surface area contributed by atoms with E-state index in [9.17, 15) is 14.4 Å². The molecule has 3 rings (SSSR count). The molecular weight excluding hydrogens is 322 g/mol. The molecule has 0 aromatic carbocycles. The summed E-state index contributed by atoms with van der Waals surface area (Å²) in [6.45, 7) is 3.49. The molecule has 1 amide bonds. The first-order valence-electron chi connectivity index (χ1n) is 8.21. The van der Waals surface area contributed by atoms with Crippen LogP contribution < -0.4 is 11.2 Å². The molecule has 0 unspecified atom stereocenters. The topological polar surface area (TPSA) is 80.4 Å². The van der Waals surface area contributed by atoms with Gasteiger partial charge in [-0.3, -0.25) is 28.6 Å². The Morgan fingerprint density at radius 1 is 1.12 bits per heavy atom. The Balaban J connectivity index is 1.56. The van der Waals surface area contributed by atoms with E-state index in [0.717, 1.165) is 29.9 Å². The third-order valence-corrected chi connectivity index (χ3v) is 4.40. The second-order valence-electron chi connectivity index (χ2n) is 6.10. The van der Waals surface area contributed by atoms with Crippen molar-refractivity contribution in [2.24, 2.45) is 7.05 Å². The average molecular weight is 343 g/mol. The van der Waals surface area contributed by atoms with Gasteiger partial charge in [0.2, 0.25) is 5.91 Å². The zero-order valence-electron chi connectivity index (χ0n) is 14.2. The zero-order valence-corrected chi connectivity index (χ0v) is 14.2. The summed E-state index contributed by atoms with van der Waals surface area (Å²) in [6, 6.07) is 7.14. The number of aromatic nitrogens is 3. The predicted molar refractivity (Wildman–Crippen MR) is 92.0 cm³/mol. The van der Waals surface area contributed by atoms with Gasteiger partial charge in [-0.2, -0.15) is 0 Å². The van der Waals surface area contributed by atoms with Gasteiger partial charge in [-0.15, -0.1) is 0 Å². The van der Waals surface area contributed by atoms with Gasteiger partial charge in [-0.25, -0.2) is 4.79 Å². The minimum atomic E-state index is -0.477. The Hall–Kier alpha value is -2.74. The van der Waals surface area contributed by atoms with Crippen molar-refractivity contribution in [3.8, 4) is 0 Å². The molecule has 0 radical (unpaired) electrons. The van der Waals surface area contributed by atoms with Crippen molar-refractivity contribution in [3.63, 3.8) is 0 Å². The van der Waals surface area contributed by atoms with Gasteiger partial charge in [0.25, 0.3) is 5.56 Å². The normalized spacial score (nSPS) is 15.3. The lowest BCUT2D eigenvalue weighted by Gasteiger charge is -2.34. The number of pyridine rings is 1. The molecule has 0 N–H and O–H groups in total. The molecule has 2 aromatic rings.